The molecule has 0 atom stereocenters. The lowest BCUT2D eigenvalue weighted by atomic mass is 9.97. The van der Waals surface area contributed by atoms with Crippen LogP contribution in [0.3, 0.4) is 0 Å². The zero-order chi connectivity index (χ0) is 14.4. The van der Waals surface area contributed by atoms with E-state index < -0.39 is 0 Å². The van der Waals surface area contributed by atoms with E-state index in [4.69, 9.17) is 0 Å². The van der Waals surface area contributed by atoms with Crippen LogP contribution in [0.1, 0.15) is 11.1 Å². The van der Waals surface area contributed by atoms with E-state index >= 15 is 0 Å². The summed E-state index contributed by atoms with van der Waals surface area (Å²) in [5.74, 6) is 0. The van der Waals surface area contributed by atoms with Gasteiger partial charge in [0.05, 0.1) is 5.52 Å². The molecule has 2 heteroatoms. The van der Waals surface area contributed by atoms with Crippen molar-refractivity contribution in [2.45, 2.75) is 13.8 Å². The summed E-state index contributed by atoms with van der Waals surface area (Å²) in [7, 11) is 0. The van der Waals surface area contributed by atoms with Crippen LogP contribution in [0, 0.1) is 13.8 Å². The van der Waals surface area contributed by atoms with Crippen LogP contribution in [0.15, 0.2) is 54.9 Å². The van der Waals surface area contributed by atoms with Gasteiger partial charge < -0.3 is 4.98 Å². The van der Waals surface area contributed by atoms with Crippen molar-refractivity contribution in [3.8, 4) is 11.1 Å². The number of fused-ring (bicyclic) bond motifs is 2. The van der Waals surface area contributed by atoms with Crippen LogP contribution in [0.25, 0.3) is 32.9 Å². The summed E-state index contributed by atoms with van der Waals surface area (Å²) < 4.78 is 0. The number of aryl methyl sites for hydroxylation is 2. The number of para-hydroxylation sites is 1. The van der Waals surface area contributed by atoms with Gasteiger partial charge in [-0.3, -0.25) is 4.98 Å². The fraction of sp³-hybridized carbons (Fsp3) is 0.105. The van der Waals surface area contributed by atoms with Gasteiger partial charge in [-0.15, -0.1) is 0 Å². The number of aromatic amines is 1. The third-order valence-corrected chi connectivity index (χ3v) is 4.24. The normalized spacial score (nSPS) is 11.3. The van der Waals surface area contributed by atoms with Gasteiger partial charge in [0, 0.05) is 34.2 Å². The number of H-pyrrole nitrogens is 1. The van der Waals surface area contributed by atoms with E-state index in [0.717, 1.165) is 5.52 Å². The number of nitrogens with zero attached hydrogens (tertiary/aromatic N) is 1. The van der Waals surface area contributed by atoms with Crippen LogP contribution in [0.5, 0.6) is 0 Å². The maximum absolute atomic E-state index is 4.60. The first-order valence-corrected chi connectivity index (χ1v) is 7.16. The fourth-order valence-electron chi connectivity index (χ4n) is 3.00. The van der Waals surface area contributed by atoms with Crippen LogP contribution in [0.4, 0.5) is 0 Å². The van der Waals surface area contributed by atoms with Crippen molar-refractivity contribution in [3.05, 3.63) is 66.0 Å². The minimum absolute atomic E-state index is 1.05. The van der Waals surface area contributed by atoms with E-state index in [2.05, 4.69) is 66.4 Å². The van der Waals surface area contributed by atoms with Gasteiger partial charge in [0.25, 0.3) is 0 Å². The highest BCUT2D eigenvalue weighted by Gasteiger charge is 2.08. The highest BCUT2D eigenvalue weighted by molar-refractivity contribution is 5.92. The molecule has 0 bridgehead atoms. The van der Waals surface area contributed by atoms with Crippen LogP contribution >= 0.6 is 0 Å². The Hall–Kier alpha value is -2.61. The first-order chi connectivity index (χ1) is 10.2. The summed E-state index contributed by atoms with van der Waals surface area (Å²) in [4.78, 5) is 7.90. The fourth-order valence-corrected chi connectivity index (χ4v) is 3.00. The molecule has 0 saturated heterocycles. The van der Waals surface area contributed by atoms with E-state index in [1.54, 1.807) is 0 Å². The Bertz CT molecular complexity index is 964. The molecule has 0 saturated carbocycles. The summed E-state index contributed by atoms with van der Waals surface area (Å²) in [6.45, 7) is 4.31. The molecule has 2 aromatic heterocycles. The molecule has 0 aliphatic carbocycles. The minimum Gasteiger partial charge on any atom is -0.361 e. The van der Waals surface area contributed by atoms with Crippen molar-refractivity contribution in [1.82, 2.24) is 9.97 Å². The number of hydrogen-bond acceptors (Lipinski definition) is 1. The van der Waals surface area contributed by atoms with Crippen LogP contribution in [-0.4, -0.2) is 9.97 Å². The second-order valence-corrected chi connectivity index (χ2v) is 5.55. The summed E-state index contributed by atoms with van der Waals surface area (Å²) in [5, 5.41) is 2.50. The minimum atomic E-state index is 1.05. The molecule has 2 nitrogen and oxygen atoms in total. The molecule has 0 aliphatic heterocycles. The van der Waals surface area contributed by atoms with Gasteiger partial charge >= 0.3 is 0 Å². The number of rotatable bonds is 1. The van der Waals surface area contributed by atoms with E-state index in [9.17, 15) is 0 Å². The SMILES string of the molecule is Cc1c(-c2ccc3[nH]cc(C)c3c2)cnc2ccccc12. The predicted molar refractivity (Wildman–Crippen MR) is 88.5 cm³/mol. The van der Waals surface area contributed by atoms with Gasteiger partial charge in [-0.25, -0.2) is 0 Å². The maximum atomic E-state index is 4.60. The lowest BCUT2D eigenvalue weighted by Crippen LogP contribution is -1.89. The molecule has 0 amide bonds. The number of nitrogens with one attached hydrogen (secondary N) is 1. The van der Waals surface area contributed by atoms with Gasteiger partial charge in [-0.05, 0) is 48.7 Å². The van der Waals surface area contributed by atoms with Crippen LogP contribution in [0.2, 0.25) is 0 Å². The first-order valence-electron chi connectivity index (χ1n) is 7.16. The lowest BCUT2D eigenvalue weighted by molar-refractivity contribution is 1.37. The predicted octanol–water partition coefficient (Wildman–Crippen LogP) is 5.00. The molecule has 21 heavy (non-hydrogen) atoms. The molecule has 0 unspecified atom stereocenters. The Balaban J connectivity index is 1.99. The lowest BCUT2D eigenvalue weighted by Gasteiger charge is -2.09. The van der Waals surface area contributed by atoms with E-state index in [-0.39, 0.29) is 0 Å². The number of hydrogen-bond donors (Lipinski definition) is 1. The second-order valence-electron chi connectivity index (χ2n) is 5.55. The third-order valence-electron chi connectivity index (χ3n) is 4.24. The highest BCUT2D eigenvalue weighted by Crippen LogP contribution is 2.30. The Morgan fingerprint density at radius 2 is 1.81 bits per heavy atom. The van der Waals surface area contributed by atoms with Gasteiger partial charge in [-0.1, -0.05) is 24.3 Å². The third kappa shape index (κ3) is 1.83. The molecule has 2 heterocycles. The van der Waals surface area contributed by atoms with Gasteiger partial charge in [-0.2, -0.15) is 0 Å². The molecule has 0 spiro atoms. The maximum Gasteiger partial charge on any atom is 0.0705 e. The van der Waals surface area contributed by atoms with E-state index in [1.807, 2.05) is 12.3 Å². The average molecular weight is 272 g/mol. The van der Waals surface area contributed by atoms with E-state index in [0.29, 0.717) is 0 Å². The van der Waals surface area contributed by atoms with Gasteiger partial charge in [0.2, 0.25) is 0 Å². The Morgan fingerprint density at radius 3 is 2.71 bits per heavy atom. The molecule has 0 radical (unpaired) electrons. The quantitative estimate of drug-likeness (QED) is 0.519. The number of pyridine rings is 1. The second kappa shape index (κ2) is 4.45. The largest absolute Gasteiger partial charge is 0.361 e. The standard InChI is InChI=1S/C19H16N2/c1-12-10-20-19-8-7-14(9-16(12)19)17-11-21-18-6-4-3-5-15(18)13(17)2/h3-11,20H,1-2H3. The van der Waals surface area contributed by atoms with E-state index in [1.165, 1.54) is 38.5 Å². The molecule has 0 aliphatic rings. The van der Waals surface area contributed by atoms with Crippen LogP contribution in [-0.2, 0) is 0 Å². The van der Waals surface area contributed by atoms with Crippen molar-refractivity contribution in [2.24, 2.45) is 0 Å². The topological polar surface area (TPSA) is 28.7 Å². The average Bonchev–Trinajstić information content (AvgIpc) is 2.89. The zero-order valence-electron chi connectivity index (χ0n) is 12.1. The Labute approximate surface area is 123 Å². The van der Waals surface area contributed by atoms with Crippen molar-refractivity contribution >= 4 is 21.8 Å². The monoisotopic (exact) mass is 272 g/mol. The Morgan fingerprint density at radius 1 is 0.952 bits per heavy atom. The van der Waals surface area contributed by atoms with Crippen molar-refractivity contribution < 1.29 is 0 Å². The summed E-state index contributed by atoms with van der Waals surface area (Å²) in [6, 6.07) is 14.9. The Kier molecular flexibility index (Phi) is 2.58. The van der Waals surface area contributed by atoms with Crippen molar-refractivity contribution in [1.29, 1.82) is 0 Å². The smallest absolute Gasteiger partial charge is 0.0705 e. The number of aromatic nitrogens is 2. The molecule has 1 N–H and O–H groups in total. The molecular formula is C19H16N2. The molecular weight excluding hydrogens is 256 g/mol. The summed E-state index contributed by atoms with van der Waals surface area (Å²) >= 11 is 0. The molecule has 2 aromatic carbocycles. The summed E-state index contributed by atoms with van der Waals surface area (Å²) in [5.41, 5.74) is 7.23. The molecule has 0 fully saturated rings. The van der Waals surface area contributed by atoms with Gasteiger partial charge in [0.15, 0.2) is 0 Å². The zero-order valence-corrected chi connectivity index (χ0v) is 12.1. The molecule has 4 rings (SSSR count). The van der Waals surface area contributed by atoms with Crippen LogP contribution < -0.4 is 0 Å². The van der Waals surface area contributed by atoms with Gasteiger partial charge in [0.1, 0.15) is 0 Å². The van der Waals surface area contributed by atoms with Crippen molar-refractivity contribution in [2.75, 3.05) is 0 Å². The first kappa shape index (κ1) is 12.2. The van der Waals surface area contributed by atoms with Crippen molar-refractivity contribution in [3.63, 3.8) is 0 Å². The number of benzene rings is 2. The molecule has 102 valence electrons. The summed E-state index contributed by atoms with van der Waals surface area (Å²) in [6.07, 6.45) is 4.04. The molecule has 4 aromatic rings. The highest BCUT2D eigenvalue weighted by atomic mass is 14.7.